The number of halogens is 6. The van der Waals surface area contributed by atoms with E-state index in [0.717, 1.165) is 23.9 Å². The number of carbonyl (C=O) groups is 2. The van der Waals surface area contributed by atoms with Crippen molar-refractivity contribution in [1.82, 2.24) is 50.5 Å². The lowest BCUT2D eigenvalue weighted by molar-refractivity contribution is -0.164. The lowest BCUT2D eigenvalue weighted by atomic mass is 9.75. The molecule has 4 aromatic rings. The van der Waals surface area contributed by atoms with Gasteiger partial charge in [-0.1, -0.05) is 62.7 Å². The maximum absolute atomic E-state index is 15.0. The van der Waals surface area contributed by atoms with Crippen molar-refractivity contribution in [3.63, 3.8) is 0 Å². The van der Waals surface area contributed by atoms with Crippen molar-refractivity contribution >= 4 is 23.6 Å². The zero-order valence-corrected chi connectivity index (χ0v) is 30.1. The van der Waals surface area contributed by atoms with Gasteiger partial charge in [-0.3, -0.25) is 15.8 Å². The van der Waals surface area contributed by atoms with Crippen LogP contribution in [0.1, 0.15) is 88.3 Å². The number of amides is 2. The maximum Gasteiger partial charge on any atom is 0.411 e. The first kappa shape index (κ1) is 37.6. The van der Waals surface area contributed by atoms with Crippen LogP contribution in [-0.2, 0) is 15.1 Å². The predicted molar refractivity (Wildman–Crippen MR) is 182 cm³/mol. The Morgan fingerprint density at radius 3 is 2.44 bits per heavy atom. The number of tetrazole rings is 1. The normalized spacial score (nSPS) is 21.8. The number of hydrogen-bond acceptors (Lipinski definition) is 10. The number of alkyl carbamates (subject to hydrolysis) is 1. The van der Waals surface area contributed by atoms with E-state index in [-0.39, 0.29) is 41.6 Å². The predicted octanol–water partition coefficient (Wildman–Crippen LogP) is 5.71. The second kappa shape index (κ2) is 13.5. The molecule has 4 N–H and O–H groups in total. The highest BCUT2D eigenvalue weighted by molar-refractivity contribution is 6.32. The lowest BCUT2D eigenvalue weighted by Gasteiger charge is -2.35. The fourth-order valence-corrected chi connectivity index (χ4v) is 7.01. The standard InChI is InChI=1S/C34H37ClF5N11O3/c1-31(2,3)16-33(20-7-4-18(5-8-20)26-46-48-51(47-26)21-9-10-21)28(52)49(29(41)44-33)24(15-54-30(53)45-32(12-13-32)34(38,39)40)19-6-11-22(35)23(14-19)50-27(25(36)37)42-17-43-50/h4-8,11,14,17,21,24-25,29,44H,9-10,12-13,15-16,41H2,1-3H3,(H,45,53)/t24-,29?,33-/m1/s1. The van der Waals surface area contributed by atoms with E-state index in [0.29, 0.717) is 17.0 Å². The van der Waals surface area contributed by atoms with Gasteiger partial charge in [-0.2, -0.15) is 23.1 Å². The zero-order chi connectivity index (χ0) is 38.8. The zero-order valence-electron chi connectivity index (χ0n) is 29.3. The van der Waals surface area contributed by atoms with Crippen molar-refractivity contribution in [2.45, 2.75) is 94.9 Å². The van der Waals surface area contributed by atoms with Crippen LogP contribution in [0.5, 0.6) is 0 Å². The molecule has 2 aromatic carbocycles. The van der Waals surface area contributed by atoms with Crippen LogP contribution in [-0.4, -0.2) is 76.5 Å². The lowest BCUT2D eigenvalue weighted by Crippen LogP contribution is -2.50. The summed E-state index contributed by atoms with van der Waals surface area (Å²) in [5.41, 5.74) is 3.73. The second-order valence-electron chi connectivity index (χ2n) is 15.0. The van der Waals surface area contributed by atoms with E-state index < -0.39 is 65.9 Å². The molecule has 2 aromatic heterocycles. The van der Waals surface area contributed by atoms with Crippen LogP contribution in [0.2, 0.25) is 5.02 Å². The average Bonchev–Trinajstić information content (AvgIpc) is 3.97. The van der Waals surface area contributed by atoms with Gasteiger partial charge in [0.1, 0.15) is 30.3 Å². The molecule has 7 rings (SSSR count). The van der Waals surface area contributed by atoms with Crippen molar-refractivity contribution in [3.8, 4) is 17.1 Å². The summed E-state index contributed by atoms with van der Waals surface area (Å²) < 4.78 is 75.0. The molecule has 1 aliphatic heterocycles. The molecule has 2 amide bonds. The summed E-state index contributed by atoms with van der Waals surface area (Å²) in [6.45, 7) is 5.15. The number of nitrogens with zero attached hydrogens (tertiary/aromatic N) is 8. The molecule has 14 nitrogen and oxygen atoms in total. The van der Waals surface area contributed by atoms with Gasteiger partial charge in [0, 0.05) is 5.56 Å². The van der Waals surface area contributed by atoms with Crippen LogP contribution in [0, 0.1) is 5.41 Å². The van der Waals surface area contributed by atoms with E-state index in [1.54, 1.807) is 29.1 Å². The Labute approximate surface area is 310 Å². The first-order valence-corrected chi connectivity index (χ1v) is 17.6. The Morgan fingerprint density at radius 2 is 1.83 bits per heavy atom. The highest BCUT2D eigenvalue weighted by Crippen LogP contribution is 2.49. The fraction of sp³-hybridized carbons (Fsp3) is 0.500. The molecule has 0 spiro atoms. The van der Waals surface area contributed by atoms with Crippen molar-refractivity contribution in [3.05, 3.63) is 70.8 Å². The summed E-state index contributed by atoms with van der Waals surface area (Å²) in [5.74, 6) is -0.835. The molecule has 1 saturated heterocycles. The van der Waals surface area contributed by atoms with Gasteiger partial charge in [0.15, 0.2) is 5.82 Å². The number of aromatic nitrogens is 7. The molecule has 3 fully saturated rings. The summed E-state index contributed by atoms with van der Waals surface area (Å²) >= 11 is 6.44. The van der Waals surface area contributed by atoms with Gasteiger partial charge < -0.3 is 15.0 Å². The Hall–Kier alpha value is -4.75. The first-order valence-electron chi connectivity index (χ1n) is 17.2. The minimum Gasteiger partial charge on any atom is -0.447 e. The van der Waals surface area contributed by atoms with Crippen LogP contribution in [0.3, 0.4) is 0 Å². The average molecular weight is 778 g/mol. The van der Waals surface area contributed by atoms with E-state index in [1.165, 1.54) is 23.1 Å². The van der Waals surface area contributed by atoms with Crippen LogP contribution in [0.15, 0.2) is 48.8 Å². The van der Waals surface area contributed by atoms with E-state index in [1.807, 2.05) is 26.1 Å². The molecule has 3 atom stereocenters. The highest BCUT2D eigenvalue weighted by atomic mass is 35.5. The SMILES string of the molecule is CC(C)(C)C[C@]1(c2ccc(-c3nnn(C4CC4)n3)cc2)NC(N)N([C@H](COC(=O)NC2(C(F)(F)F)CC2)c2ccc(Cl)c(-n3ncnc3C(F)F)c2)C1=O. The number of carbonyl (C=O) groups excluding carboxylic acids is 2. The quantitative estimate of drug-likeness (QED) is 0.160. The van der Waals surface area contributed by atoms with Crippen molar-refractivity contribution in [2.24, 2.45) is 11.1 Å². The third kappa shape index (κ3) is 7.11. The molecule has 3 aliphatic rings. The first-order chi connectivity index (χ1) is 25.4. The van der Waals surface area contributed by atoms with Gasteiger partial charge in [0.2, 0.25) is 5.82 Å². The van der Waals surface area contributed by atoms with Crippen LogP contribution >= 0.6 is 11.6 Å². The molecular formula is C34H37ClF5N11O3. The third-order valence-electron chi connectivity index (χ3n) is 9.72. The van der Waals surface area contributed by atoms with Crippen LogP contribution < -0.4 is 16.4 Å². The largest absolute Gasteiger partial charge is 0.447 e. The topological polar surface area (TPSA) is 171 Å². The van der Waals surface area contributed by atoms with Gasteiger partial charge in [-0.25, -0.2) is 23.2 Å². The molecular weight excluding hydrogens is 741 g/mol. The molecule has 20 heteroatoms. The van der Waals surface area contributed by atoms with E-state index in [4.69, 9.17) is 22.1 Å². The van der Waals surface area contributed by atoms with Gasteiger partial charge in [0.25, 0.3) is 12.3 Å². The number of alkyl halides is 5. The molecule has 0 radical (unpaired) electrons. The van der Waals surface area contributed by atoms with Gasteiger partial charge in [-0.05, 0) is 66.0 Å². The van der Waals surface area contributed by atoms with Gasteiger partial charge in [-0.15, -0.1) is 10.2 Å². The minimum absolute atomic E-state index is 0.00610. The Kier molecular flexibility index (Phi) is 9.41. The molecule has 54 heavy (non-hydrogen) atoms. The molecule has 1 unspecified atom stereocenters. The summed E-state index contributed by atoms with van der Waals surface area (Å²) in [5, 5.41) is 21.8. The van der Waals surface area contributed by atoms with E-state index in [2.05, 4.69) is 30.8 Å². The van der Waals surface area contributed by atoms with Crippen molar-refractivity contribution < 1.29 is 36.3 Å². The second-order valence-corrected chi connectivity index (χ2v) is 15.5. The minimum atomic E-state index is -4.71. The Balaban J connectivity index is 1.25. The van der Waals surface area contributed by atoms with Gasteiger partial charge in [0.05, 0.1) is 22.8 Å². The number of nitrogens with two attached hydrogens (primary N) is 1. The number of rotatable bonds is 11. The summed E-state index contributed by atoms with van der Waals surface area (Å²) in [4.78, 5) is 34.3. The summed E-state index contributed by atoms with van der Waals surface area (Å²) in [6.07, 6.45) is -7.86. The smallest absolute Gasteiger partial charge is 0.411 e. The van der Waals surface area contributed by atoms with E-state index >= 15 is 0 Å². The van der Waals surface area contributed by atoms with E-state index in [9.17, 15) is 31.5 Å². The monoisotopic (exact) mass is 777 g/mol. The molecule has 2 aliphatic carbocycles. The number of ether oxygens (including phenoxy) is 1. The van der Waals surface area contributed by atoms with Crippen molar-refractivity contribution in [1.29, 1.82) is 0 Å². The fourth-order valence-electron chi connectivity index (χ4n) is 6.81. The summed E-state index contributed by atoms with van der Waals surface area (Å²) in [7, 11) is 0. The molecule has 0 bridgehead atoms. The number of hydrogen-bond donors (Lipinski definition) is 3. The Morgan fingerprint density at radius 1 is 1.13 bits per heavy atom. The maximum atomic E-state index is 15.0. The molecule has 3 heterocycles. The summed E-state index contributed by atoms with van der Waals surface area (Å²) in [6, 6.07) is 10.2. The molecule has 288 valence electrons. The van der Waals surface area contributed by atoms with Gasteiger partial charge >= 0.3 is 12.3 Å². The third-order valence-corrected chi connectivity index (χ3v) is 10.0. The number of benzene rings is 2. The van der Waals surface area contributed by atoms with Crippen LogP contribution in [0.4, 0.5) is 26.7 Å². The molecule has 2 saturated carbocycles. The highest BCUT2D eigenvalue weighted by Gasteiger charge is 2.65. The number of nitrogens with one attached hydrogen (secondary N) is 2. The Bertz CT molecular complexity index is 2040. The van der Waals surface area contributed by atoms with Crippen molar-refractivity contribution in [2.75, 3.05) is 6.61 Å². The van der Waals surface area contributed by atoms with Crippen LogP contribution in [0.25, 0.3) is 17.1 Å².